The minimum atomic E-state index is -0.592. The van der Waals surface area contributed by atoms with E-state index in [4.69, 9.17) is 0 Å². The molecule has 3 atom stereocenters. The average molecular weight is 281 g/mol. The molecule has 0 amide bonds. The van der Waals surface area contributed by atoms with Gasteiger partial charge in [0, 0.05) is 12.6 Å². The molecule has 3 unspecified atom stereocenters. The molecule has 0 radical (unpaired) electrons. The van der Waals surface area contributed by atoms with Crippen molar-refractivity contribution in [2.45, 2.75) is 65.3 Å². The first-order valence-electron chi connectivity index (χ1n) is 8.28. The van der Waals surface area contributed by atoms with Crippen LogP contribution >= 0.6 is 0 Å². The summed E-state index contributed by atoms with van der Waals surface area (Å²) in [6.45, 7) is 8.04. The van der Waals surface area contributed by atoms with E-state index in [0.717, 1.165) is 31.7 Å². The van der Waals surface area contributed by atoms with Crippen LogP contribution in [0.2, 0.25) is 0 Å². The van der Waals surface area contributed by atoms with Crippen molar-refractivity contribution in [3.8, 4) is 0 Å². The highest BCUT2D eigenvalue weighted by Gasteiger charge is 2.42. The number of carboxylic acids is 1. The first-order valence-corrected chi connectivity index (χ1v) is 8.28. The maximum atomic E-state index is 11.6. The predicted molar refractivity (Wildman–Crippen MR) is 81.7 cm³/mol. The number of rotatable bonds is 6. The second-order valence-electron chi connectivity index (χ2n) is 7.75. The number of hydrogen-bond acceptors (Lipinski definition) is 2. The summed E-state index contributed by atoms with van der Waals surface area (Å²) >= 11 is 0. The van der Waals surface area contributed by atoms with Gasteiger partial charge in [0.1, 0.15) is 0 Å². The van der Waals surface area contributed by atoms with Gasteiger partial charge in [-0.3, -0.25) is 4.79 Å². The highest BCUT2D eigenvalue weighted by molar-refractivity contribution is 5.71. The summed E-state index contributed by atoms with van der Waals surface area (Å²) in [5, 5.41) is 9.53. The molecular formula is C17H31NO2. The van der Waals surface area contributed by atoms with E-state index < -0.39 is 5.97 Å². The molecule has 0 aromatic carbocycles. The zero-order valence-electron chi connectivity index (χ0n) is 13.6. The predicted octanol–water partition coefficient (Wildman–Crippen LogP) is 3.63. The van der Waals surface area contributed by atoms with Crippen molar-refractivity contribution in [2.24, 2.45) is 23.2 Å². The second kappa shape index (κ2) is 6.05. The van der Waals surface area contributed by atoms with Crippen LogP contribution in [0.25, 0.3) is 0 Å². The Kier molecular flexibility index (Phi) is 4.78. The summed E-state index contributed by atoms with van der Waals surface area (Å²) in [7, 11) is 2.14. The molecule has 0 aliphatic heterocycles. The molecule has 2 aliphatic carbocycles. The highest BCUT2D eigenvalue weighted by atomic mass is 16.4. The van der Waals surface area contributed by atoms with Crippen molar-refractivity contribution < 1.29 is 9.90 Å². The lowest BCUT2D eigenvalue weighted by Gasteiger charge is -2.45. The van der Waals surface area contributed by atoms with E-state index in [1.807, 2.05) is 0 Å². The molecule has 0 aromatic heterocycles. The zero-order chi connectivity index (χ0) is 14.9. The van der Waals surface area contributed by atoms with Crippen LogP contribution in [0.15, 0.2) is 0 Å². The molecule has 0 saturated heterocycles. The molecule has 1 N–H and O–H groups in total. The van der Waals surface area contributed by atoms with Crippen molar-refractivity contribution in [1.82, 2.24) is 4.90 Å². The van der Waals surface area contributed by atoms with E-state index >= 15 is 0 Å². The summed E-state index contributed by atoms with van der Waals surface area (Å²) in [6, 6.07) is 0.234. The van der Waals surface area contributed by atoms with Gasteiger partial charge in [-0.25, -0.2) is 0 Å². The summed E-state index contributed by atoms with van der Waals surface area (Å²) in [5.41, 5.74) is 0.335. The molecule has 3 nitrogen and oxygen atoms in total. The van der Waals surface area contributed by atoms with Crippen LogP contribution in [0.3, 0.4) is 0 Å². The Morgan fingerprint density at radius 1 is 1.25 bits per heavy atom. The fourth-order valence-corrected chi connectivity index (χ4v) is 3.76. The molecule has 2 saturated carbocycles. The molecule has 3 heteroatoms. The Bertz CT molecular complexity index is 349. The van der Waals surface area contributed by atoms with Gasteiger partial charge in [0.2, 0.25) is 0 Å². The van der Waals surface area contributed by atoms with Gasteiger partial charge in [-0.15, -0.1) is 0 Å². The van der Waals surface area contributed by atoms with Crippen LogP contribution in [0.1, 0.15) is 59.3 Å². The number of aliphatic carboxylic acids is 1. The Morgan fingerprint density at radius 3 is 2.40 bits per heavy atom. The van der Waals surface area contributed by atoms with Gasteiger partial charge < -0.3 is 10.0 Å². The van der Waals surface area contributed by atoms with E-state index in [1.54, 1.807) is 0 Å². The summed E-state index contributed by atoms with van der Waals surface area (Å²) in [5.74, 6) is 0.733. The fraction of sp³-hybridized carbons (Fsp3) is 0.941. The van der Waals surface area contributed by atoms with E-state index in [-0.39, 0.29) is 12.0 Å². The van der Waals surface area contributed by atoms with Crippen molar-refractivity contribution in [3.05, 3.63) is 0 Å². The Labute approximate surface area is 123 Å². The number of nitrogens with zero attached hydrogens (tertiary/aromatic N) is 1. The second-order valence-corrected chi connectivity index (χ2v) is 7.75. The van der Waals surface area contributed by atoms with E-state index in [0.29, 0.717) is 11.3 Å². The zero-order valence-corrected chi connectivity index (χ0v) is 13.6. The minimum absolute atomic E-state index is 0.164. The molecular weight excluding hydrogens is 250 g/mol. The van der Waals surface area contributed by atoms with Crippen LogP contribution < -0.4 is 0 Å². The largest absolute Gasteiger partial charge is 0.481 e. The number of carboxylic acid groups (broad SMARTS) is 1. The van der Waals surface area contributed by atoms with Gasteiger partial charge in [0.15, 0.2) is 0 Å². The van der Waals surface area contributed by atoms with Crippen LogP contribution in [0, 0.1) is 23.2 Å². The third kappa shape index (κ3) is 3.55. The third-order valence-corrected chi connectivity index (χ3v) is 5.96. The number of hydrogen-bond donors (Lipinski definition) is 1. The average Bonchev–Trinajstić information content (AvgIpc) is 3.21. The van der Waals surface area contributed by atoms with Crippen LogP contribution in [-0.4, -0.2) is 35.6 Å². The summed E-state index contributed by atoms with van der Waals surface area (Å²) < 4.78 is 0. The van der Waals surface area contributed by atoms with Gasteiger partial charge >= 0.3 is 5.97 Å². The maximum absolute atomic E-state index is 11.6. The molecule has 0 bridgehead atoms. The smallest absolute Gasteiger partial charge is 0.308 e. The van der Waals surface area contributed by atoms with E-state index in [1.165, 1.54) is 19.3 Å². The lowest BCUT2D eigenvalue weighted by molar-refractivity contribution is -0.146. The first-order chi connectivity index (χ1) is 9.35. The van der Waals surface area contributed by atoms with Crippen molar-refractivity contribution in [2.75, 3.05) is 13.6 Å². The van der Waals surface area contributed by atoms with Crippen LogP contribution in [0.4, 0.5) is 0 Å². The molecule has 20 heavy (non-hydrogen) atoms. The van der Waals surface area contributed by atoms with Gasteiger partial charge in [-0.2, -0.15) is 0 Å². The minimum Gasteiger partial charge on any atom is -0.481 e. The van der Waals surface area contributed by atoms with Crippen molar-refractivity contribution in [1.29, 1.82) is 0 Å². The molecule has 116 valence electrons. The molecule has 0 heterocycles. The van der Waals surface area contributed by atoms with Crippen molar-refractivity contribution >= 4 is 5.97 Å². The van der Waals surface area contributed by atoms with Gasteiger partial charge in [0.05, 0.1) is 5.92 Å². The SMILES string of the molecule is CCC(C)(C)C1CCC(C(=O)O)C(N(C)CC2CC2)C1. The molecule has 2 rings (SSSR count). The number of carbonyl (C=O) groups is 1. The lowest BCUT2D eigenvalue weighted by atomic mass is 9.65. The van der Waals surface area contributed by atoms with Crippen molar-refractivity contribution in [3.63, 3.8) is 0 Å². The Morgan fingerprint density at radius 2 is 1.90 bits per heavy atom. The van der Waals surface area contributed by atoms with E-state index in [9.17, 15) is 9.90 Å². The fourth-order valence-electron chi connectivity index (χ4n) is 3.76. The van der Waals surface area contributed by atoms with Crippen LogP contribution in [-0.2, 0) is 4.79 Å². The summed E-state index contributed by atoms with van der Waals surface area (Å²) in [4.78, 5) is 13.9. The van der Waals surface area contributed by atoms with Gasteiger partial charge in [-0.1, -0.05) is 27.2 Å². The third-order valence-electron chi connectivity index (χ3n) is 5.96. The topological polar surface area (TPSA) is 40.5 Å². The Hall–Kier alpha value is -0.570. The molecule has 0 aromatic rings. The molecule has 2 aliphatic rings. The van der Waals surface area contributed by atoms with Gasteiger partial charge in [-0.05, 0) is 56.4 Å². The van der Waals surface area contributed by atoms with E-state index in [2.05, 4.69) is 32.7 Å². The molecule has 0 spiro atoms. The summed E-state index contributed by atoms with van der Waals surface area (Å²) in [6.07, 6.45) is 6.82. The molecule has 2 fully saturated rings. The quantitative estimate of drug-likeness (QED) is 0.808. The monoisotopic (exact) mass is 281 g/mol. The highest BCUT2D eigenvalue weighted by Crippen LogP contribution is 2.44. The Balaban J connectivity index is 2.06. The van der Waals surface area contributed by atoms with Crippen LogP contribution in [0.5, 0.6) is 0 Å². The maximum Gasteiger partial charge on any atom is 0.308 e. The lowest BCUT2D eigenvalue weighted by Crippen LogP contribution is -2.48. The van der Waals surface area contributed by atoms with Gasteiger partial charge in [0.25, 0.3) is 0 Å². The first kappa shape index (κ1) is 15.8. The normalized spacial score (nSPS) is 31.6. The standard InChI is InChI=1S/C17H31NO2/c1-5-17(2,3)13-8-9-14(16(19)20)15(10-13)18(4)11-12-6-7-12/h12-15H,5-11H2,1-4H3,(H,19,20).